The van der Waals surface area contributed by atoms with E-state index in [0.717, 1.165) is 40.3 Å². The zero-order valence-corrected chi connectivity index (χ0v) is 13.5. The van der Waals surface area contributed by atoms with Gasteiger partial charge in [-0.3, -0.25) is 0 Å². The third kappa shape index (κ3) is 3.22. The Bertz CT molecular complexity index is 592. The van der Waals surface area contributed by atoms with E-state index in [1.54, 1.807) is 0 Å². The fourth-order valence-electron chi connectivity index (χ4n) is 1.99. The van der Waals surface area contributed by atoms with Crippen molar-refractivity contribution in [2.45, 2.75) is 13.8 Å². The molecular formula is C15H27N5. The SMILES string of the molecule is Cc1ccc2c(N)c(NCC[N+](C)(C)C)nn2c1C.[CH3-]. The molecule has 0 saturated heterocycles. The van der Waals surface area contributed by atoms with Gasteiger partial charge in [0.25, 0.3) is 0 Å². The van der Waals surface area contributed by atoms with Crippen LogP contribution in [-0.2, 0) is 0 Å². The summed E-state index contributed by atoms with van der Waals surface area (Å²) < 4.78 is 2.83. The van der Waals surface area contributed by atoms with Gasteiger partial charge in [-0.25, -0.2) is 4.52 Å². The Balaban J connectivity index is 0.00000200. The van der Waals surface area contributed by atoms with Crippen LogP contribution in [0.3, 0.4) is 0 Å². The molecule has 0 saturated carbocycles. The number of hydrogen-bond acceptors (Lipinski definition) is 3. The second-order valence-electron chi connectivity index (χ2n) is 6.10. The van der Waals surface area contributed by atoms with Crippen LogP contribution in [0.1, 0.15) is 11.3 Å². The van der Waals surface area contributed by atoms with Crippen LogP contribution in [0.2, 0.25) is 0 Å². The van der Waals surface area contributed by atoms with Crippen molar-refractivity contribution in [3.8, 4) is 0 Å². The molecule has 20 heavy (non-hydrogen) atoms. The van der Waals surface area contributed by atoms with Gasteiger partial charge in [0.2, 0.25) is 0 Å². The van der Waals surface area contributed by atoms with Gasteiger partial charge >= 0.3 is 0 Å². The number of aromatic nitrogens is 2. The molecule has 2 rings (SSSR count). The van der Waals surface area contributed by atoms with Crippen molar-refractivity contribution in [1.82, 2.24) is 9.61 Å². The summed E-state index contributed by atoms with van der Waals surface area (Å²) in [4.78, 5) is 0. The molecule has 0 fully saturated rings. The maximum atomic E-state index is 6.16. The molecule has 112 valence electrons. The Morgan fingerprint density at radius 1 is 1.25 bits per heavy atom. The standard InChI is InChI=1S/C14H24N5.CH3/c1-10-6-7-12-13(15)14(17-18(12)11(10)2)16-8-9-19(3,4)5;/h6-7H,8-9,15H2,1-5H3,(H,16,17);1H3/q+1;-1. The van der Waals surface area contributed by atoms with Crippen molar-refractivity contribution in [3.63, 3.8) is 0 Å². The summed E-state index contributed by atoms with van der Waals surface area (Å²) in [5.74, 6) is 0.780. The van der Waals surface area contributed by atoms with Crippen LogP contribution in [0, 0.1) is 21.3 Å². The van der Waals surface area contributed by atoms with E-state index in [1.165, 1.54) is 5.56 Å². The molecule has 0 radical (unpaired) electrons. The van der Waals surface area contributed by atoms with Gasteiger partial charge in [0.15, 0.2) is 5.82 Å². The van der Waals surface area contributed by atoms with Crippen LogP contribution in [-0.4, -0.2) is 48.3 Å². The van der Waals surface area contributed by atoms with E-state index in [1.807, 2.05) is 10.6 Å². The Morgan fingerprint density at radius 3 is 2.50 bits per heavy atom. The van der Waals surface area contributed by atoms with Crippen LogP contribution in [0.5, 0.6) is 0 Å². The highest BCUT2D eigenvalue weighted by molar-refractivity contribution is 5.81. The number of quaternary nitrogens is 1. The lowest BCUT2D eigenvalue weighted by molar-refractivity contribution is -0.868. The van der Waals surface area contributed by atoms with E-state index in [-0.39, 0.29) is 7.43 Å². The summed E-state index contributed by atoms with van der Waals surface area (Å²) in [6.45, 7) is 6.02. The zero-order chi connectivity index (χ0) is 14.2. The maximum absolute atomic E-state index is 6.16. The number of fused-ring (bicyclic) bond motifs is 1. The number of pyridine rings is 1. The van der Waals surface area contributed by atoms with Gasteiger partial charge in [-0.1, -0.05) is 6.07 Å². The van der Waals surface area contributed by atoms with Crippen molar-refractivity contribution in [2.75, 3.05) is 45.3 Å². The predicted molar refractivity (Wildman–Crippen MR) is 86.9 cm³/mol. The highest BCUT2D eigenvalue weighted by Crippen LogP contribution is 2.24. The molecule has 0 atom stereocenters. The lowest BCUT2D eigenvalue weighted by Gasteiger charge is -2.23. The zero-order valence-electron chi connectivity index (χ0n) is 13.5. The summed E-state index contributed by atoms with van der Waals surface area (Å²) >= 11 is 0. The second-order valence-corrected chi connectivity index (χ2v) is 6.10. The summed E-state index contributed by atoms with van der Waals surface area (Å²) in [7, 11) is 6.51. The highest BCUT2D eigenvalue weighted by Gasteiger charge is 2.13. The number of nitrogen functional groups attached to an aromatic ring is 1. The first-order chi connectivity index (χ1) is 8.79. The van der Waals surface area contributed by atoms with Crippen molar-refractivity contribution in [3.05, 3.63) is 30.8 Å². The maximum Gasteiger partial charge on any atom is 0.172 e. The van der Waals surface area contributed by atoms with Crippen LogP contribution >= 0.6 is 0 Å². The lowest BCUT2D eigenvalue weighted by atomic mass is 10.2. The quantitative estimate of drug-likeness (QED) is 0.665. The van der Waals surface area contributed by atoms with Crippen LogP contribution in [0.25, 0.3) is 5.52 Å². The van der Waals surface area contributed by atoms with Crippen molar-refractivity contribution < 1.29 is 4.48 Å². The molecule has 0 aliphatic rings. The number of hydrogen-bond donors (Lipinski definition) is 2. The van der Waals surface area contributed by atoms with E-state index in [2.05, 4.69) is 51.5 Å². The van der Waals surface area contributed by atoms with E-state index in [9.17, 15) is 0 Å². The minimum atomic E-state index is 0. The van der Waals surface area contributed by atoms with Gasteiger partial charge in [0, 0.05) is 5.69 Å². The van der Waals surface area contributed by atoms with Gasteiger partial charge in [-0.05, 0) is 25.5 Å². The smallest absolute Gasteiger partial charge is 0.172 e. The van der Waals surface area contributed by atoms with E-state index < -0.39 is 0 Å². The molecule has 0 aliphatic carbocycles. The molecule has 5 nitrogen and oxygen atoms in total. The molecular weight excluding hydrogens is 250 g/mol. The fraction of sp³-hybridized carbons (Fsp3) is 0.467. The van der Waals surface area contributed by atoms with Crippen LogP contribution < -0.4 is 11.1 Å². The molecule has 0 unspecified atom stereocenters. The highest BCUT2D eigenvalue weighted by atomic mass is 15.3. The number of nitrogens with zero attached hydrogens (tertiary/aromatic N) is 3. The summed E-state index contributed by atoms with van der Waals surface area (Å²) in [6.07, 6.45) is 0. The normalized spacial score (nSPS) is 11.4. The van der Waals surface area contributed by atoms with Gasteiger partial charge < -0.3 is 23.0 Å². The molecule has 0 bridgehead atoms. The Labute approximate surface area is 122 Å². The third-order valence-electron chi connectivity index (χ3n) is 3.41. The largest absolute Gasteiger partial charge is 0.394 e. The summed E-state index contributed by atoms with van der Waals surface area (Å²) in [5, 5.41) is 7.90. The molecule has 2 aromatic rings. The molecule has 5 heteroatoms. The van der Waals surface area contributed by atoms with Gasteiger partial charge in [-0.2, -0.15) is 0 Å². The fourth-order valence-corrected chi connectivity index (χ4v) is 1.99. The first kappa shape index (κ1) is 16.3. The van der Waals surface area contributed by atoms with Gasteiger partial charge in [0.05, 0.1) is 39.7 Å². The lowest BCUT2D eigenvalue weighted by Crippen LogP contribution is -2.38. The number of nitrogens with two attached hydrogens (primary N) is 1. The molecule has 0 aliphatic heterocycles. The first-order valence-corrected chi connectivity index (χ1v) is 6.58. The monoisotopic (exact) mass is 277 g/mol. The second kappa shape index (κ2) is 5.71. The molecule has 3 N–H and O–H groups in total. The molecule has 0 spiro atoms. The van der Waals surface area contributed by atoms with E-state index in [4.69, 9.17) is 5.73 Å². The molecule has 2 heterocycles. The number of anilines is 2. The van der Waals surface area contributed by atoms with E-state index >= 15 is 0 Å². The van der Waals surface area contributed by atoms with Gasteiger partial charge in [-0.15, -0.1) is 5.10 Å². The Hall–Kier alpha value is -1.75. The molecule has 0 amide bonds. The molecule has 0 aromatic carbocycles. The van der Waals surface area contributed by atoms with Crippen LogP contribution in [0.4, 0.5) is 11.5 Å². The number of nitrogens with one attached hydrogen (secondary N) is 1. The van der Waals surface area contributed by atoms with Crippen molar-refractivity contribution >= 4 is 17.0 Å². The number of aryl methyl sites for hydroxylation is 2. The molecule has 2 aromatic heterocycles. The average molecular weight is 277 g/mol. The number of likely N-dealkylation sites (N-methyl/N-ethyl adjacent to an activating group) is 1. The summed E-state index contributed by atoms with van der Waals surface area (Å²) in [5.41, 5.74) is 10.2. The van der Waals surface area contributed by atoms with E-state index in [0.29, 0.717) is 0 Å². The summed E-state index contributed by atoms with van der Waals surface area (Å²) in [6, 6.07) is 4.11. The minimum absolute atomic E-state index is 0. The third-order valence-corrected chi connectivity index (χ3v) is 3.41. The predicted octanol–water partition coefficient (Wildman–Crippen LogP) is 2.10. The average Bonchev–Trinajstić information content (AvgIpc) is 2.61. The van der Waals surface area contributed by atoms with Gasteiger partial charge in [0.1, 0.15) is 5.69 Å². The Kier molecular flexibility index (Phi) is 4.65. The van der Waals surface area contributed by atoms with Crippen LogP contribution in [0.15, 0.2) is 12.1 Å². The Morgan fingerprint density at radius 2 is 1.90 bits per heavy atom. The first-order valence-electron chi connectivity index (χ1n) is 6.58. The minimum Gasteiger partial charge on any atom is -0.394 e. The topological polar surface area (TPSA) is 55.3 Å². The number of rotatable bonds is 4. The van der Waals surface area contributed by atoms with Crippen molar-refractivity contribution in [2.24, 2.45) is 0 Å². The van der Waals surface area contributed by atoms with Crippen molar-refractivity contribution in [1.29, 1.82) is 0 Å².